The fraction of sp³-hybridized carbons (Fsp3) is 0.0196. The van der Waals surface area contributed by atoms with E-state index >= 15 is 0 Å². The molecular weight excluding hydrogens is 669 g/mol. The second kappa shape index (κ2) is 11.9. The number of nitriles is 1. The Morgan fingerprint density at radius 2 is 1.13 bits per heavy atom. The van der Waals surface area contributed by atoms with Crippen molar-refractivity contribution in [2.24, 2.45) is 0 Å². The highest BCUT2D eigenvalue weighted by molar-refractivity contribution is 6.16. The molecule has 0 saturated heterocycles. The summed E-state index contributed by atoms with van der Waals surface area (Å²) in [5.41, 5.74) is 15.4. The summed E-state index contributed by atoms with van der Waals surface area (Å²) in [5, 5.41) is 14.8. The first-order chi connectivity index (χ1) is 27.2. The second-order valence-corrected chi connectivity index (χ2v) is 14.2. The lowest BCUT2D eigenvalue weighted by Crippen LogP contribution is -2.00. The zero-order valence-corrected chi connectivity index (χ0v) is 29.6. The average Bonchev–Trinajstić information content (AvgIpc) is 3.89. The van der Waals surface area contributed by atoms with Gasteiger partial charge >= 0.3 is 0 Å². The van der Waals surface area contributed by atoms with Crippen LogP contribution in [0.1, 0.15) is 28.2 Å². The van der Waals surface area contributed by atoms with Gasteiger partial charge in [-0.1, -0.05) is 133 Å². The molecule has 1 aliphatic rings. The first kappa shape index (κ1) is 30.9. The van der Waals surface area contributed by atoms with Crippen molar-refractivity contribution in [3.63, 3.8) is 0 Å². The molecule has 10 aromatic rings. The van der Waals surface area contributed by atoms with Crippen molar-refractivity contribution >= 4 is 49.3 Å². The van der Waals surface area contributed by atoms with E-state index < -0.39 is 0 Å². The van der Waals surface area contributed by atoms with Gasteiger partial charge in [0, 0.05) is 44.3 Å². The van der Waals surface area contributed by atoms with Crippen LogP contribution < -0.4 is 0 Å². The summed E-state index contributed by atoms with van der Waals surface area (Å²) in [6.45, 7) is 8.30. The van der Waals surface area contributed by atoms with Gasteiger partial charge in [0.25, 0.3) is 0 Å². The van der Waals surface area contributed by atoms with Crippen LogP contribution >= 0.6 is 0 Å². The maximum absolute atomic E-state index is 10.1. The Bertz CT molecular complexity index is 3220. The Hall–Kier alpha value is -7.66. The van der Waals surface area contributed by atoms with Crippen LogP contribution in [0.5, 0.6) is 0 Å². The first-order valence-electron chi connectivity index (χ1n) is 18.5. The number of aromatic nitrogens is 2. The minimum atomic E-state index is 0.147. The van der Waals surface area contributed by atoms with Gasteiger partial charge in [0.2, 0.25) is 5.69 Å². The van der Waals surface area contributed by atoms with Crippen LogP contribution in [0.15, 0.2) is 176 Å². The summed E-state index contributed by atoms with van der Waals surface area (Å²) in [5.74, 6) is 0.147. The number of fused-ring (bicyclic) bond motifs is 10. The minimum Gasteiger partial charge on any atom is -0.318 e. The van der Waals surface area contributed by atoms with Gasteiger partial charge in [0.1, 0.15) is 0 Å². The van der Waals surface area contributed by atoms with E-state index in [1.54, 1.807) is 6.07 Å². The van der Waals surface area contributed by atoms with E-state index in [1.807, 2.05) is 18.2 Å². The summed E-state index contributed by atoms with van der Waals surface area (Å²) in [6.07, 6.45) is 0. The summed E-state index contributed by atoms with van der Waals surface area (Å²) >= 11 is 0. The monoisotopic (exact) mass is 698 g/mol. The highest BCUT2D eigenvalue weighted by Gasteiger charge is 2.33. The smallest absolute Gasteiger partial charge is 0.212 e. The standard InChI is InChI=1S/C51H30N4/c1-53-44-30-32(31-52)29-43(50(44)55-46-21-11-7-15-36(46)37-16-8-12-22-47(37)55)33-23-25-35(26-24-33)54-45-20-10-9-17-38(45)41-27-28-42-48(34-13-3-2-4-14-34)39-18-5-6-19-40(39)49(42)51(41)54/h2-30,48H. The molecule has 4 heteroatoms. The van der Waals surface area contributed by atoms with Gasteiger partial charge in [-0.2, -0.15) is 5.26 Å². The molecule has 55 heavy (non-hydrogen) atoms. The summed E-state index contributed by atoms with van der Waals surface area (Å²) in [4.78, 5) is 4.01. The van der Waals surface area contributed by atoms with E-state index in [1.165, 1.54) is 44.1 Å². The van der Waals surface area contributed by atoms with E-state index in [-0.39, 0.29) is 5.92 Å². The molecule has 0 saturated carbocycles. The Labute approximate surface area is 317 Å². The van der Waals surface area contributed by atoms with Crippen LogP contribution in [0.3, 0.4) is 0 Å². The Morgan fingerprint density at radius 1 is 0.527 bits per heavy atom. The van der Waals surface area contributed by atoms with Crippen LogP contribution in [0, 0.1) is 17.9 Å². The lowest BCUT2D eigenvalue weighted by Gasteiger charge is -2.18. The normalized spacial score (nSPS) is 13.2. The average molecular weight is 699 g/mol. The molecule has 254 valence electrons. The van der Waals surface area contributed by atoms with Gasteiger partial charge in [-0.05, 0) is 75.8 Å². The maximum Gasteiger partial charge on any atom is 0.212 e. The zero-order valence-electron chi connectivity index (χ0n) is 29.6. The lowest BCUT2D eigenvalue weighted by molar-refractivity contribution is 1.02. The largest absolute Gasteiger partial charge is 0.318 e. The zero-order chi connectivity index (χ0) is 36.6. The molecule has 1 atom stereocenters. The Morgan fingerprint density at radius 3 is 1.80 bits per heavy atom. The molecule has 8 aromatic carbocycles. The molecule has 0 bridgehead atoms. The molecule has 1 unspecified atom stereocenters. The SMILES string of the molecule is [C-]#[N+]c1cc(C#N)cc(-c2ccc(-n3c4ccccc4c4ccc5c(c43)-c3ccccc3C5c3ccccc3)cc2)c1-n1c2ccccc2c2ccccc21. The van der Waals surface area contributed by atoms with Crippen molar-refractivity contribution in [2.45, 2.75) is 5.92 Å². The van der Waals surface area contributed by atoms with E-state index in [4.69, 9.17) is 6.57 Å². The van der Waals surface area contributed by atoms with Crippen molar-refractivity contribution in [1.82, 2.24) is 9.13 Å². The van der Waals surface area contributed by atoms with Crippen LogP contribution in [-0.2, 0) is 0 Å². The predicted molar refractivity (Wildman–Crippen MR) is 224 cm³/mol. The fourth-order valence-electron chi connectivity index (χ4n) is 9.19. The third-order valence-electron chi connectivity index (χ3n) is 11.4. The van der Waals surface area contributed by atoms with Crippen molar-refractivity contribution in [3.8, 4) is 39.7 Å². The van der Waals surface area contributed by atoms with E-state index in [2.05, 4.69) is 172 Å². The molecule has 11 rings (SSSR count). The summed E-state index contributed by atoms with van der Waals surface area (Å²) < 4.78 is 4.61. The highest BCUT2D eigenvalue weighted by atomic mass is 15.0. The minimum absolute atomic E-state index is 0.147. The lowest BCUT2D eigenvalue weighted by atomic mass is 9.89. The Balaban J connectivity index is 1.16. The maximum atomic E-state index is 10.1. The predicted octanol–water partition coefficient (Wildman–Crippen LogP) is 13.1. The van der Waals surface area contributed by atoms with Crippen LogP contribution in [0.4, 0.5) is 5.69 Å². The van der Waals surface area contributed by atoms with Crippen LogP contribution in [-0.4, -0.2) is 9.13 Å². The molecule has 0 radical (unpaired) electrons. The van der Waals surface area contributed by atoms with Gasteiger partial charge in [0.15, 0.2) is 0 Å². The quantitative estimate of drug-likeness (QED) is 0.169. The van der Waals surface area contributed by atoms with Crippen molar-refractivity contribution < 1.29 is 0 Å². The van der Waals surface area contributed by atoms with E-state index in [0.29, 0.717) is 11.3 Å². The van der Waals surface area contributed by atoms with Crippen LogP contribution in [0.25, 0.3) is 82.1 Å². The van der Waals surface area contributed by atoms with E-state index in [0.717, 1.165) is 49.8 Å². The van der Waals surface area contributed by atoms with Crippen LogP contribution in [0.2, 0.25) is 0 Å². The first-order valence-corrected chi connectivity index (χ1v) is 18.5. The van der Waals surface area contributed by atoms with Gasteiger partial charge in [0.05, 0.1) is 40.4 Å². The fourth-order valence-corrected chi connectivity index (χ4v) is 9.19. The third kappa shape index (κ3) is 4.43. The molecule has 1 aliphatic carbocycles. The van der Waals surface area contributed by atoms with E-state index in [9.17, 15) is 5.26 Å². The Kier molecular flexibility index (Phi) is 6.71. The number of benzene rings is 8. The molecule has 0 N–H and O–H groups in total. The van der Waals surface area contributed by atoms with Gasteiger partial charge in [-0.25, -0.2) is 4.85 Å². The molecule has 0 spiro atoms. The van der Waals surface area contributed by atoms with Crippen molar-refractivity contribution in [1.29, 1.82) is 5.26 Å². The summed E-state index contributed by atoms with van der Waals surface area (Å²) in [6, 6.07) is 64.3. The molecule has 2 aromatic heterocycles. The molecule has 0 fully saturated rings. The van der Waals surface area contributed by atoms with Gasteiger partial charge in [-0.15, -0.1) is 0 Å². The van der Waals surface area contributed by atoms with Crippen molar-refractivity contribution in [3.05, 3.63) is 210 Å². The second-order valence-electron chi connectivity index (χ2n) is 14.2. The number of nitrogens with zero attached hydrogens (tertiary/aromatic N) is 4. The molecule has 0 amide bonds. The topological polar surface area (TPSA) is 38.0 Å². The molecule has 4 nitrogen and oxygen atoms in total. The number of rotatable bonds is 4. The van der Waals surface area contributed by atoms with Gasteiger partial charge < -0.3 is 9.13 Å². The summed E-state index contributed by atoms with van der Waals surface area (Å²) in [7, 11) is 0. The molecule has 2 heterocycles. The number of para-hydroxylation sites is 3. The highest BCUT2D eigenvalue weighted by Crippen LogP contribution is 2.52. The van der Waals surface area contributed by atoms with Crippen molar-refractivity contribution in [2.75, 3.05) is 0 Å². The molecule has 0 aliphatic heterocycles. The van der Waals surface area contributed by atoms with Gasteiger partial charge in [-0.3, -0.25) is 0 Å². The number of hydrogen-bond donors (Lipinski definition) is 0. The number of hydrogen-bond acceptors (Lipinski definition) is 1. The molecular formula is C51H30N4. The third-order valence-corrected chi connectivity index (χ3v) is 11.4.